The highest BCUT2D eigenvalue weighted by atomic mass is 35.5. The molecular formula is C11H15ClN2O2S. The molecule has 0 aromatic heterocycles. The molecule has 0 radical (unpaired) electrons. The molecule has 0 aliphatic rings. The van der Waals surface area contributed by atoms with Crippen LogP contribution in [0.25, 0.3) is 0 Å². The van der Waals surface area contributed by atoms with Crippen molar-refractivity contribution >= 4 is 34.0 Å². The van der Waals surface area contributed by atoms with Crippen LogP contribution in [0.3, 0.4) is 0 Å². The number of benzene rings is 1. The number of anilines is 1. The first-order valence-electron chi connectivity index (χ1n) is 5.20. The van der Waals surface area contributed by atoms with Crippen molar-refractivity contribution in [1.29, 1.82) is 0 Å². The van der Waals surface area contributed by atoms with E-state index in [2.05, 4.69) is 5.32 Å². The molecule has 3 N–H and O–H groups in total. The Morgan fingerprint density at radius 3 is 2.76 bits per heavy atom. The number of amides is 1. The standard InChI is InChI=1S/C11H15ClN2O2S/c1-3-14-11(15)7(2)17(16)8-4-5-10(13)9(12)6-8/h4-7H,3,13H2,1-2H3,(H,14,15). The van der Waals surface area contributed by atoms with E-state index in [9.17, 15) is 9.00 Å². The summed E-state index contributed by atoms with van der Waals surface area (Å²) < 4.78 is 12.1. The molecule has 0 fully saturated rings. The number of rotatable bonds is 4. The Balaban J connectivity index is 2.89. The lowest BCUT2D eigenvalue weighted by molar-refractivity contribution is -0.120. The van der Waals surface area contributed by atoms with Gasteiger partial charge in [-0.3, -0.25) is 9.00 Å². The number of carbonyl (C=O) groups excluding carboxylic acids is 1. The zero-order chi connectivity index (χ0) is 13.0. The highest BCUT2D eigenvalue weighted by Crippen LogP contribution is 2.22. The lowest BCUT2D eigenvalue weighted by Crippen LogP contribution is -2.35. The minimum absolute atomic E-state index is 0.237. The molecule has 1 amide bonds. The van der Waals surface area contributed by atoms with Crippen molar-refractivity contribution in [2.45, 2.75) is 24.0 Å². The van der Waals surface area contributed by atoms with Gasteiger partial charge in [0, 0.05) is 11.4 Å². The predicted octanol–water partition coefficient (Wildman–Crippen LogP) is 1.55. The first kappa shape index (κ1) is 14.0. The number of halogens is 1. The normalized spacial score (nSPS) is 14.1. The molecule has 0 aliphatic heterocycles. The fourth-order valence-corrected chi connectivity index (χ4v) is 2.62. The molecule has 94 valence electrons. The lowest BCUT2D eigenvalue weighted by atomic mass is 10.3. The topological polar surface area (TPSA) is 72.2 Å². The summed E-state index contributed by atoms with van der Waals surface area (Å²) in [6.07, 6.45) is 0. The van der Waals surface area contributed by atoms with E-state index in [1.807, 2.05) is 6.92 Å². The molecule has 0 spiro atoms. The van der Waals surface area contributed by atoms with E-state index < -0.39 is 16.0 Å². The molecule has 2 atom stereocenters. The van der Waals surface area contributed by atoms with Gasteiger partial charge in [-0.05, 0) is 32.0 Å². The van der Waals surface area contributed by atoms with Crippen molar-refractivity contribution in [2.75, 3.05) is 12.3 Å². The summed E-state index contributed by atoms with van der Waals surface area (Å²) in [5.41, 5.74) is 5.99. The van der Waals surface area contributed by atoms with Crippen LogP contribution in [-0.2, 0) is 15.6 Å². The van der Waals surface area contributed by atoms with Crippen LogP contribution in [0, 0.1) is 0 Å². The molecule has 17 heavy (non-hydrogen) atoms. The quantitative estimate of drug-likeness (QED) is 0.819. The summed E-state index contributed by atoms with van der Waals surface area (Å²) in [7, 11) is -1.43. The van der Waals surface area contributed by atoms with Gasteiger partial charge in [0.25, 0.3) is 0 Å². The Kier molecular flexibility index (Phi) is 4.96. The van der Waals surface area contributed by atoms with Gasteiger partial charge in [0.1, 0.15) is 5.25 Å². The van der Waals surface area contributed by atoms with Crippen LogP contribution in [0.2, 0.25) is 5.02 Å². The molecular weight excluding hydrogens is 260 g/mol. The van der Waals surface area contributed by atoms with Crippen molar-refractivity contribution in [1.82, 2.24) is 5.32 Å². The SMILES string of the molecule is CCNC(=O)C(C)S(=O)c1ccc(N)c(Cl)c1. The van der Waals surface area contributed by atoms with Gasteiger partial charge in [-0.15, -0.1) is 0 Å². The monoisotopic (exact) mass is 274 g/mol. The third kappa shape index (κ3) is 3.44. The number of nitrogen functional groups attached to an aromatic ring is 1. The second kappa shape index (κ2) is 6.02. The zero-order valence-electron chi connectivity index (χ0n) is 9.70. The summed E-state index contributed by atoms with van der Waals surface area (Å²) in [4.78, 5) is 12.1. The van der Waals surface area contributed by atoms with Crippen LogP contribution in [0.4, 0.5) is 5.69 Å². The average molecular weight is 275 g/mol. The number of carbonyl (C=O) groups is 1. The highest BCUT2D eigenvalue weighted by molar-refractivity contribution is 7.86. The third-order valence-electron chi connectivity index (χ3n) is 2.25. The van der Waals surface area contributed by atoms with Gasteiger partial charge in [-0.1, -0.05) is 11.6 Å². The predicted molar refractivity (Wildman–Crippen MR) is 70.4 cm³/mol. The number of nitrogens with two attached hydrogens (primary N) is 1. The average Bonchev–Trinajstić information content (AvgIpc) is 2.31. The lowest BCUT2D eigenvalue weighted by Gasteiger charge is -2.11. The van der Waals surface area contributed by atoms with Gasteiger partial charge in [0.05, 0.1) is 21.5 Å². The Labute approximate surface area is 108 Å². The van der Waals surface area contributed by atoms with E-state index in [1.165, 1.54) is 6.07 Å². The molecule has 4 nitrogen and oxygen atoms in total. The first-order chi connectivity index (χ1) is 7.97. The maximum atomic E-state index is 12.1. The van der Waals surface area contributed by atoms with Crippen LogP contribution < -0.4 is 11.1 Å². The molecule has 1 rings (SSSR count). The highest BCUT2D eigenvalue weighted by Gasteiger charge is 2.21. The van der Waals surface area contributed by atoms with Crippen molar-refractivity contribution in [3.63, 3.8) is 0 Å². The summed E-state index contributed by atoms with van der Waals surface area (Å²) in [5, 5.41) is 2.36. The van der Waals surface area contributed by atoms with Gasteiger partial charge in [0.15, 0.2) is 0 Å². The molecule has 2 unspecified atom stereocenters. The second-order valence-electron chi connectivity index (χ2n) is 3.52. The van der Waals surface area contributed by atoms with Crippen LogP contribution in [0.15, 0.2) is 23.1 Å². The van der Waals surface area contributed by atoms with Crippen LogP contribution in [-0.4, -0.2) is 21.9 Å². The van der Waals surface area contributed by atoms with Gasteiger partial charge < -0.3 is 11.1 Å². The Morgan fingerprint density at radius 1 is 1.59 bits per heavy atom. The van der Waals surface area contributed by atoms with Crippen LogP contribution in [0.1, 0.15) is 13.8 Å². The first-order valence-corrected chi connectivity index (χ1v) is 6.79. The maximum absolute atomic E-state index is 12.1. The second-order valence-corrected chi connectivity index (χ2v) is 5.70. The van der Waals surface area contributed by atoms with E-state index in [1.54, 1.807) is 19.1 Å². The summed E-state index contributed by atoms with van der Waals surface area (Å²) in [5.74, 6) is -0.237. The maximum Gasteiger partial charge on any atom is 0.235 e. The zero-order valence-corrected chi connectivity index (χ0v) is 11.3. The largest absolute Gasteiger partial charge is 0.398 e. The molecule has 0 saturated carbocycles. The Hall–Kier alpha value is -1.07. The van der Waals surface area contributed by atoms with Crippen LogP contribution >= 0.6 is 11.6 Å². The van der Waals surface area contributed by atoms with Gasteiger partial charge >= 0.3 is 0 Å². The van der Waals surface area contributed by atoms with E-state index >= 15 is 0 Å². The minimum atomic E-state index is -1.43. The van der Waals surface area contributed by atoms with Gasteiger partial charge in [-0.2, -0.15) is 0 Å². The molecule has 0 aliphatic carbocycles. The summed E-state index contributed by atoms with van der Waals surface area (Å²) in [6.45, 7) is 3.95. The van der Waals surface area contributed by atoms with Crippen LogP contribution in [0.5, 0.6) is 0 Å². The Bertz CT molecular complexity index is 451. The summed E-state index contributed by atoms with van der Waals surface area (Å²) in [6, 6.07) is 4.73. The van der Waals surface area contributed by atoms with Crippen molar-refractivity contribution in [3.05, 3.63) is 23.2 Å². The molecule has 0 saturated heterocycles. The van der Waals surface area contributed by atoms with Crippen molar-refractivity contribution < 1.29 is 9.00 Å². The number of hydrogen-bond acceptors (Lipinski definition) is 3. The molecule has 6 heteroatoms. The van der Waals surface area contributed by atoms with Gasteiger partial charge in [0.2, 0.25) is 5.91 Å². The van der Waals surface area contributed by atoms with E-state index in [0.717, 1.165) is 0 Å². The molecule has 0 heterocycles. The summed E-state index contributed by atoms with van der Waals surface area (Å²) >= 11 is 5.84. The third-order valence-corrected chi connectivity index (χ3v) is 4.15. The number of hydrogen-bond donors (Lipinski definition) is 2. The minimum Gasteiger partial charge on any atom is -0.398 e. The smallest absolute Gasteiger partial charge is 0.235 e. The number of nitrogens with one attached hydrogen (secondary N) is 1. The van der Waals surface area contributed by atoms with E-state index in [4.69, 9.17) is 17.3 Å². The van der Waals surface area contributed by atoms with E-state index in [-0.39, 0.29) is 5.91 Å². The fourth-order valence-electron chi connectivity index (χ4n) is 1.25. The van der Waals surface area contributed by atoms with Crippen molar-refractivity contribution in [3.8, 4) is 0 Å². The van der Waals surface area contributed by atoms with Crippen molar-refractivity contribution in [2.24, 2.45) is 0 Å². The molecule has 0 bridgehead atoms. The fraction of sp³-hybridized carbons (Fsp3) is 0.364. The molecule has 1 aromatic carbocycles. The van der Waals surface area contributed by atoms with Gasteiger partial charge in [-0.25, -0.2) is 0 Å². The molecule has 1 aromatic rings. The Morgan fingerprint density at radius 2 is 2.24 bits per heavy atom. The van der Waals surface area contributed by atoms with E-state index in [0.29, 0.717) is 22.2 Å².